The second-order valence-electron chi connectivity index (χ2n) is 11.3. The Morgan fingerprint density at radius 2 is 1.72 bits per heavy atom. The minimum atomic E-state index is -1.56. The van der Waals surface area contributed by atoms with Gasteiger partial charge in [0.2, 0.25) is 5.91 Å². The molecule has 5 nitrogen and oxygen atoms in total. The molecule has 1 fully saturated rings. The molecule has 0 saturated carbocycles. The smallest absolute Gasteiger partial charge is 0.242 e. The molecule has 4 unspecified atom stereocenters. The van der Waals surface area contributed by atoms with Gasteiger partial charge < -0.3 is 16.4 Å². The third-order valence-electron chi connectivity index (χ3n) is 7.18. The Kier molecular flexibility index (Phi) is 8.20. The summed E-state index contributed by atoms with van der Waals surface area (Å²) in [5, 5.41) is 6.22. The van der Waals surface area contributed by atoms with Crippen LogP contribution in [0.1, 0.15) is 61.5 Å². The summed E-state index contributed by atoms with van der Waals surface area (Å²) in [6, 6.07) is 13.4. The molecule has 4 rings (SSSR count). The van der Waals surface area contributed by atoms with Crippen LogP contribution in [0.3, 0.4) is 0 Å². The number of benzene rings is 3. The number of anilines is 1. The predicted octanol–water partition coefficient (Wildman–Crippen LogP) is 6.83. The molecule has 1 heterocycles. The number of nitrogens with one attached hydrogen (secondary N) is 2. The number of hydrogen-bond donors (Lipinski definition) is 3. The first-order valence-corrected chi connectivity index (χ1v) is 13.3. The van der Waals surface area contributed by atoms with Crippen LogP contribution in [0.2, 0.25) is 10.0 Å². The van der Waals surface area contributed by atoms with Gasteiger partial charge in [-0.25, -0.2) is 8.78 Å². The predicted molar refractivity (Wildman–Crippen MR) is 151 cm³/mol. The number of ketones is 1. The summed E-state index contributed by atoms with van der Waals surface area (Å²) in [7, 11) is 0. The number of carbonyl (C=O) groups is 2. The fourth-order valence-electron chi connectivity index (χ4n) is 5.41. The van der Waals surface area contributed by atoms with Crippen molar-refractivity contribution < 1.29 is 18.4 Å². The Balaban J connectivity index is 1.87. The van der Waals surface area contributed by atoms with Gasteiger partial charge in [-0.15, -0.1) is 0 Å². The van der Waals surface area contributed by atoms with E-state index >= 15 is 8.78 Å². The molecule has 0 aromatic heterocycles. The molecule has 9 heteroatoms. The second-order valence-corrected chi connectivity index (χ2v) is 12.1. The van der Waals surface area contributed by atoms with Gasteiger partial charge >= 0.3 is 0 Å². The highest BCUT2D eigenvalue weighted by Gasteiger charge is 2.58. The molecule has 4 N–H and O–H groups in total. The van der Waals surface area contributed by atoms with Crippen molar-refractivity contribution in [2.45, 2.75) is 57.7 Å². The van der Waals surface area contributed by atoms with Crippen LogP contribution in [-0.2, 0) is 10.3 Å². The van der Waals surface area contributed by atoms with E-state index in [1.807, 2.05) is 20.8 Å². The molecule has 0 spiro atoms. The lowest BCUT2D eigenvalue weighted by Gasteiger charge is -2.40. The Bertz CT molecular complexity index is 1410. The summed E-state index contributed by atoms with van der Waals surface area (Å²) >= 11 is 12.2. The molecule has 4 atom stereocenters. The lowest BCUT2D eigenvalue weighted by atomic mass is 9.68. The van der Waals surface area contributed by atoms with E-state index in [-0.39, 0.29) is 32.4 Å². The maximum absolute atomic E-state index is 15.6. The van der Waals surface area contributed by atoms with E-state index in [1.54, 1.807) is 30.3 Å². The van der Waals surface area contributed by atoms with Crippen molar-refractivity contribution in [2.24, 2.45) is 11.1 Å². The maximum atomic E-state index is 15.6. The first kappa shape index (κ1) is 29.2. The van der Waals surface area contributed by atoms with Crippen LogP contribution in [0.5, 0.6) is 0 Å². The molecule has 1 amide bonds. The highest BCUT2D eigenvalue weighted by Crippen LogP contribution is 2.50. The van der Waals surface area contributed by atoms with Gasteiger partial charge in [-0.05, 0) is 66.8 Å². The molecule has 39 heavy (non-hydrogen) atoms. The van der Waals surface area contributed by atoms with Gasteiger partial charge in [0.1, 0.15) is 11.6 Å². The van der Waals surface area contributed by atoms with Crippen molar-refractivity contribution >= 4 is 40.6 Å². The average molecular weight is 574 g/mol. The number of amides is 1. The van der Waals surface area contributed by atoms with Gasteiger partial charge in [-0.2, -0.15) is 0 Å². The van der Waals surface area contributed by atoms with Crippen LogP contribution in [0.15, 0.2) is 60.7 Å². The van der Waals surface area contributed by atoms with Gasteiger partial charge in [-0.3, -0.25) is 9.59 Å². The van der Waals surface area contributed by atoms with E-state index in [9.17, 15) is 9.59 Å². The minimum absolute atomic E-state index is 0.0929. The standard InChI is InChI=1S/C30H31Cl2F2N3O2/c1-16(38)17-8-11-19(12-9-17)36-28(39)27-25(20-6-5-7-22(32)26(20)34)30(35,24(37-27)15-29(2,3)4)21-13-10-18(31)14-23(21)33/h5-14,24-25,27,37H,15,35H2,1-4H3,(H,36,39). The largest absolute Gasteiger partial charge is 0.325 e. The SMILES string of the molecule is CC(=O)c1ccc(NC(=O)C2NC(CC(C)(C)C)C(N)(c3ccc(Cl)cc3F)C2c2cccc(Cl)c2F)cc1. The number of hydrogen-bond acceptors (Lipinski definition) is 4. The van der Waals surface area contributed by atoms with Crippen molar-refractivity contribution in [3.05, 3.63) is 99.0 Å². The topological polar surface area (TPSA) is 84.2 Å². The van der Waals surface area contributed by atoms with Gasteiger partial charge in [0.15, 0.2) is 5.78 Å². The summed E-state index contributed by atoms with van der Waals surface area (Å²) in [5.74, 6) is -3.02. The zero-order chi connectivity index (χ0) is 28.7. The van der Waals surface area contributed by atoms with Crippen molar-refractivity contribution in [1.82, 2.24) is 5.32 Å². The molecule has 1 saturated heterocycles. The molecule has 3 aromatic rings. The molecule has 0 radical (unpaired) electrons. The van der Waals surface area contributed by atoms with Gasteiger partial charge in [-0.1, -0.05) is 62.2 Å². The Morgan fingerprint density at radius 3 is 2.31 bits per heavy atom. The van der Waals surface area contributed by atoms with E-state index < -0.39 is 41.1 Å². The van der Waals surface area contributed by atoms with Crippen LogP contribution >= 0.6 is 23.2 Å². The van der Waals surface area contributed by atoms with Gasteiger partial charge in [0.25, 0.3) is 0 Å². The van der Waals surface area contributed by atoms with Crippen LogP contribution < -0.4 is 16.4 Å². The summed E-state index contributed by atoms with van der Waals surface area (Å²) in [6.07, 6.45) is 0.446. The van der Waals surface area contributed by atoms with Crippen molar-refractivity contribution in [2.75, 3.05) is 5.32 Å². The third-order valence-corrected chi connectivity index (χ3v) is 7.70. The second kappa shape index (κ2) is 11.0. The van der Waals surface area contributed by atoms with Crippen LogP contribution in [0.4, 0.5) is 14.5 Å². The molecule has 206 valence electrons. The maximum Gasteiger partial charge on any atom is 0.242 e. The monoisotopic (exact) mass is 573 g/mol. The van der Waals surface area contributed by atoms with Crippen LogP contribution in [0, 0.1) is 17.0 Å². The first-order valence-electron chi connectivity index (χ1n) is 12.6. The van der Waals surface area contributed by atoms with Crippen molar-refractivity contribution in [3.63, 3.8) is 0 Å². The number of Topliss-reactive ketones (excluding diaryl/α,β-unsaturated/α-hetero) is 1. The third kappa shape index (κ3) is 5.87. The highest BCUT2D eigenvalue weighted by atomic mass is 35.5. The molecule has 0 bridgehead atoms. The quantitative estimate of drug-likeness (QED) is 0.282. The summed E-state index contributed by atoms with van der Waals surface area (Å²) < 4.78 is 31.2. The Labute approximate surface area is 237 Å². The average Bonchev–Trinajstić information content (AvgIpc) is 3.12. The number of halogens is 4. The molecule has 1 aliphatic rings. The van der Waals surface area contributed by atoms with Crippen LogP contribution in [-0.4, -0.2) is 23.8 Å². The molecule has 1 aliphatic heterocycles. The normalized spacial score (nSPS) is 23.1. The van der Waals surface area contributed by atoms with Gasteiger partial charge in [0, 0.05) is 33.8 Å². The highest BCUT2D eigenvalue weighted by molar-refractivity contribution is 6.31. The zero-order valence-corrected chi connectivity index (χ0v) is 23.6. The van der Waals surface area contributed by atoms with E-state index in [1.165, 1.54) is 31.2 Å². The molecule has 0 aliphatic carbocycles. The Hall–Kier alpha value is -2.84. The van der Waals surface area contributed by atoms with Crippen molar-refractivity contribution in [1.29, 1.82) is 0 Å². The van der Waals surface area contributed by atoms with Crippen LogP contribution in [0.25, 0.3) is 0 Å². The van der Waals surface area contributed by atoms with E-state index in [0.29, 0.717) is 17.7 Å². The molecular formula is C30H31Cl2F2N3O2. The number of nitrogens with two attached hydrogens (primary N) is 1. The zero-order valence-electron chi connectivity index (χ0n) is 22.1. The fourth-order valence-corrected chi connectivity index (χ4v) is 5.75. The minimum Gasteiger partial charge on any atom is -0.325 e. The Morgan fingerprint density at radius 1 is 1.05 bits per heavy atom. The molecular weight excluding hydrogens is 543 g/mol. The lowest BCUT2D eigenvalue weighted by Crippen LogP contribution is -2.52. The van der Waals surface area contributed by atoms with E-state index in [2.05, 4.69) is 10.6 Å². The van der Waals surface area contributed by atoms with Gasteiger partial charge in [0.05, 0.1) is 16.6 Å². The number of rotatable bonds is 6. The summed E-state index contributed by atoms with van der Waals surface area (Å²) in [4.78, 5) is 25.5. The molecule has 3 aromatic carbocycles. The fraction of sp³-hybridized carbons (Fsp3) is 0.333. The summed E-state index contributed by atoms with van der Waals surface area (Å²) in [6.45, 7) is 7.47. The number of carbonyl (C=O) groups excluding carboxylic acids is 2. The lowest BCUT2D eigenvalue weighted by molar-refractivity contribution is -0.118. The van der Waals surface area contributed by atoms with Crippen molar-refractivity contribution in [3.8, 4) is 0 Å². The summed E-state index contributed by atoms with van der Waals surface area (Å²) in [5.41, 5.74) is 6.48. The first-order chi connectivity index (χ1) is 18.2. The van der Waals surface area contributed by atoms with E-state index in [0.717, 1.165) is 6.07 Å². The van der Waals surface area contributed by atoms with E-state index in [4.69, 9.17) is 28.9 Å².